The van der Waals surface area contributed by atoms with E-state index in [4.69, 9.17) is 10.5 Å². The maximum atomic E-state index is 6.71. The minimum atomic E-state index is -0.139. The van der Waals surface area contributed by atoms with Crippen LogP contribution in [0.3, 0.4) is 0 Å². The molecule has 0 aromatic heterocycles. The van der Waals surface area contributed by atoms with Crippen LogP contribution in [0.2, 0.25) is 0 Å². The van der Waals surface area contributed by atoms with Crippen molar-refractivity contribution in [1.82, 2.24) is 0 Å². The Balaban J connectivity index is 2.09. The summed E-state index contributed by atoms with van der Waals surface area (Å²) in [4.78, 5) is 0. The number of hydrogen-bond acceptors (Lipinski definition) is 2. The summed E-state index contributed by atoms with van der Waals surface area (Å²) in [6.07, 6.45) is 7.57. The molecule has 112 valence electrons. The molecule has 0 saturated heterocycles. The van der Waals surface area contributed by atoms with Gasteiger partial charge in [0.25, 0.3) is 0 Å². The summed E-state index contributed by atoms with van der Waals surface area (Å²) >= 11 is 0. The quantitative estimate of drug-likeness (QED) is 0.814. The summed E-state index contributed by atoms with van der Waals surface area (Å²) in [5.41, 5.74) is 7.84. The third-order valence-corrected chi connectivity index (χ3v) is 4.61. The molecule has 2 N–H and O–H groups in total. The van der Waals surface area contributed by atoms with E-state index in [1.54, 1.807) is 0 Å². The summed E-state index contributed by atoms with van der Waals surface area (Å²) < 4.78 is 5.71. The first-order valence-corrected chi connectivity index (χ1v) is 8.09. The normalized spacial score (nSPS) is 27.4. The van der Waals surface area contributed by atoms with Crippen LogP contribution >= 0.6 is 0 Å². The fraction of sp³-hybridized carbons (Fsp3) is 0.667. The third-order valence-electron chi connectivity index (χ3n) is 4.61. The van der Waals surface area contributed by atoms with Crippen molar-refractivity contribution in [2.45, 2.75) is 70.9 Å². The van der Waals surface area contributed by atoms with Crippen LogP contribution < -0.4 is 10.5 Å². The molecule has 1 fully saturated rings. The maximum Gasteiger partial charge on any atom is 0.119 e. The van der Waals surface area contributed by atoms with Crippen molar-refractivity contribution in [3.8, 4) is 5.75 Å². The molecule has 0 bridgehead atoms. The zero-order valence-corrected chi connectivity index (χ0v) is 13.2. The molecule has 0 aliphatic heterocycles. The van der Waals surface area contributed by atoms with Crippen LogP contribution in [0, 0.1) is 5.92 Å². The second-order valence-corrected chi connectivity index (χ2v) is 6.55. The summed E-state index contributed by atoms with van der Waals surface area (Å²) in [6.45, 7) is 6.40. The summed E-state index contributed by atoms with van der Waals surface area (Å²) in [5.74, 6) is 1.80. The van der Waals surface area contributed by atoms with Gasteiger partial charge in [0.05, 0.1) is 6.10 Å². The lowest BCUT2D eigenvalue weighted by molar-refractivity contribution is 0.242. The first kappa shape index (κ1) is 15.4. The Kier molecular flexibility index (Phi) is 5.09. The second kappa shape index (κ2) is 6.62. The van der Waals surface area contributed by atoms with Gasteiger partial charge in [0.15, 0.2) is 0 Å². The molecule has 1 aliphatic rings. The average molecular weight is 275 g/mol. The molecule has 2 atom stereocenters. The van der Waals surface area contributed by atoms with E-state index >= 15 is 0 Å². The molecule has 1 aromatic carbocycles. The highest BCUT2D eigenvalue weighted by molar-refractivity contribution is 5.32. The molecule has 1 saturated carbocycles. The van der Waals surface area contributed by atoms with Crippen molar-refractivity contribution >= 4 is 0 Å². The predicted octanol–water partition coefficient (Wildman–Crippen LogP) is 4.62. The van der Waals surface area contributed by atoms with E-state index in [0.717, 1.165) is 24.5 Å². The monoisotopic (exact) mass is 275 g/mol. The van der Waals surface area contributed by atoms with Crippen LogP contribution in [-0.4, -0.2) is 6.10 Å². The molecular weight excluding hydrogens is 246 g/mol. The molecule has 1 aromatic rings. The largest absolute Gasteiger partial charge is 0.491 e. The van der Waals surface area contributed by atoms with E-state index in [0.29, 0.717) is 0 Å². The predicted molar refractivity (Wildman–Crippen MR) is 84.9 cm³/mol. The SMILES string of the molecule is CCC1CCCC(N)(c2ccc(OC(C)C)cc2)CC1. The van der Waals surface area contributed by atoms with Gasteiger partial charge in [0, 0.05) is 5.54 Å². The highest BCUT2D eigenvalue weighted by atomic mass is 16.5. The fourth-order valence-corrected chi connectivity index (χ4v) is 3.27. The molecule has 2 heteroatoms. The number of benzene rings is 1. The highest BCUT2D eigenvalue weighted by Gasteiger charge is 2.30. The molecule has 0 spiro atoms. The zero-order chi connectivity index (χ0) is 14.6. The van der Waals surface area contributed by atoms with Crippen molar-refractivity contribution in [2.24, 2.45) is 11.7 Å². The zero-order valence-electron chi connectivity index (χ0n) is 13.2. The van der Waals surface area contributed by atoms with Crippen molar-refractivity contribution in [2.75, 3.05) is 0 Å². The first-order chi connectivity index (χ1) is 9.53. The van der Waals surface area contributed by atoms with Gasteiger partial charge in [-0.2, -0.15) is 0 Å². The number of nitrogens with two attached hydrogens (primary N) is 1. The topological polar surface area (TPSA) is 35.2 Å². The first-order valence-electron chi connectivity index (χ1n) is 8.09. The van der Waals surface area contributed by atoms with Crippen LogP contribution in [0.25, 0.3) is 0 Å². The van der Waals surface area contributed by atoms with Crippen molar-refractivity contribution < 1.29 is 4.74 Å². The van der Waals surface area contributed by atoms with Crippen LogP contribution in [0.15, 0.2) is 24.3 Å². The molecular formula is C18H29NO. The van der Waals surface area contributed by atoms with Crippen LogP contribution in [0.1, 0.15) is 64.9 Å². The maximum absolute atomic E-state index is 6.71. The van der Waals surface area contributed by atoms with E-state index < -0.39 is 0 Å². The number of hydrogen-bond donors (Lipinski definition) is 1. The van der Waals surface area contributed by atoms with Gasteiger partial charge in [0.1, 0.15) is 5.75 Å². The Hall–Kier alpha value is -1.02. The molecule has 2 unspecified atom stereocenters. The van der Waals surface area contributed by atoms with Crippen molar-refractivity contribution in [3.05, 3.63) is 29.8 Å². The second-order valence-electron chi connectivity index (χ2n) is 6.55. The minimum Gasteiger partial charge on any atom is -0.491 e. The molecule has 1 aliphatic carbocycles. The lowest BCUT2D eigenvalue weighted by Crippen LogP contribution is -2.36. The lowest BCUT2D eigenvalue weighted by atomic mass is 9.83. The van der Waals surface area contributed by atoms with Crippen LogP contribution in [0.5, 0.6) is 5.75 Å². The van der Waals surface area contributed by atoms with E-state index in [1.807, 2.05) is 0 Å². The standard InChI is InChI=1S/C18H29NO/c1-4-15-6-5-12-18(19,13-11-15)16-7-9-17(10-8-16)20-14(2)3/h7-10,14-15H,4-6,11-13,19H2,1-3H3. The van der Waals surface area contributed by atoms with Crippen LogP contribution in [0.4, 0.5) is 0 Å². The Bertz CT molecular complexity index is 412. The van der Waals surface area contributed by atoms with Gasteiger partial charge in [-0.15, -0.1) is 0 Å². The van der Waals surface area contributed by atoms with Gasteiger partial charge in [-0.05, 0) is 56.7 Å². The van der Waals surface area contributed by atoms with E-state index in [-0.39, 0.29) is 11.6 Å². The van der Waals surface area contributed by atoms with E-state index in [1.165, 1.54) is 31.2 Å². The van der Waals surface area contributed by atoms with E-state index in [2.05, 4.69) is 45.0 Å². The van der Waals surface area contributed by atoms with Gasteiger partial charge in [-0.3, -0.25) is 0 Å². The van der Waals surface area contributed by atoms with Gasteiger partial charge in [0.2, 0.25) is 0 Å². The fourth-order valence-electron chi connectivity index (χ4n) is 3.27. The number of ether oxygens (including phenoxy) is 1. The van der Waals surface area contributed by atoms with Crippen molar-refractivity contribution in [3.63, 3.8) is 0 Å². The highest BCUT2D eigenvalue weighted by Crippen LogP contribution is 2.37. The van der Waals surface area contributed by atoms with Gasteiger partial charge >= 0.3 is 0 Å². The lowest BCUT2D eigenvalue weighted by Gasteiger charge is -2.29. The molecule has 0 radical (unpaired) electrons. The molecule has 2 rings (SSSR count). The Morgan fingerprint density at radius 1 is 1.20 bits per heavy atom. The Morgan fingerprint density at radius 3 is 2.50 bits per heavy atom. The molecule has 2 nitrogen and oxygen atoms in total. The van der Waals surface area contributed by atoms with Crippen molar-refractivity contribution in [1.29, 1.82) is 0 Å². The molecule has 0 heterocycles. The Labute approximate surface area is 123 Å². The minimum absolute atomic E-state index is 0.139. The van der Waals surface area contributed by atoms with Gasteiger partial charge in [-0.25, -0.2) is 0 Å². The number of rotatable bonds is 4. The molecule has 0 amide bonds. The third kappa shape index (κ3) is 3.76. The van der Waals surface area contributed by atoms with Gasteiger partial charge in [-0.1, -0.05) is 38.3 Å². The van der Waals surface area contributed by atoms with E-state index in [9.17, 15) is 0 Å². The average Bonchev–Trinajstić information content (AvgIpc) is 2.61. The summed E-state index contributed by atoms with van der Waals surface area (Å²) in [5, 5.41) is 0. The summed E-state index contributed by atoms with van der Waals surface area (Å²) in [7, 11) is 0. The molecule has 20 heavy (non-hydrogen) atoms. The van der Waals surface area contributed by atoms with Crippen LogP contribution in [-0.2, 0) is 5.54 Å². The summed E-state index contributed by atoms with van der Waals surface area (Å²) in [6, 6.07) is 8.44. The Morgan fingerprint density at radius 2 is 1.90 bits per heavy atom. The van der Waals surface area contributed by atoms with Gasteiger partial charge < -0.3 is 10.5 Å². The smallest absolute Gasteiger partial charge is 0.119 e.